The maximum Gasteiger partial charge on any atom is 0.169 e. The molecule has 0 aliphatic rings. The van der Waals surface area contributed by atoms with Gasteiger partial charge >= 0.3 is 0 Å². The van der Waals surface area contributed by atoms with Crippen LogP contribution in [-0.4, -0.2) is 6.23 Å². The van der Waals surface area contributed by atoms with Crippen molar-refractivity contribution in [3.05, 3.63) is 60.7 Å². The zero-order valence-corrected chi connectivity index (χ0v) is 9.97. The predicted octanol–water partition coefficient (Wildman–Crippen LogP) is 3.91. The van der Waals surface area contributed by atoms with Crippen molar-refractivity contribution in [3.8, 4) is 5.75 Å². The Morgan fingerprint density at radius 1 is 0.941 bits per heavy atom. The number of hydrogen-bond donors (Lipinski definition) is 1. The summed E-state index contributed by atoms with van der Waals surface area (Å²) in [4.78, 5) is 0. The van der Waals surface area contributed by atoms with Crippen LogP contribution in [0.1, 0.15) is 13.3 Å². The summed E-state index contributed by atoms with van der Waals surface area (Å²) in [5.74, 6) is 0.891. The average molecular weight is 227 g/mol. The zero-order valence-electron chi connectivity index (χ0n) is 9.97. The van der Waals surface area contributed by atoms with Gasteiger partial charge < -0.3 is 10.1 Å². The van der Waals surface area contributed by atoms with Gasteiger partial charge in [-0.15, -0.1) is 0 Å². The summed E-state index contributed by atoms with van der Waals surface area (Å²) in [6.07, 6.45) is 0.906. The standard InChI is InChI=1S/C15H17NO/c1-2-15(16-13-9-5-3-6-10-13)17-14-11-7-4-8-12-14/h3-12,15-16H,2H2,1H3. The number of anilines is 1. The van der Waals surface area contributed by atoms with Gasteiger partial charge in [0.15, 0.2) is 6.23 Å². The topological polar surface area (TPSA) is 21.3 Å². The van der Waals surface area contributed by atoms with Crippen molar-refractivity contribution in [1.82, 2.24) is 0 Å². The molecule has 0 aromatic heterocycles. The molecule has 88 valence electrons. The molecule has 0 saturated carbocycles. The molecule has 1 N–H and O–H groups in total. The molecule has 0 amide bonds. The maximum absolute atomic E-state index is 5.86. The first-order chi connectivity index (χ1) is 8.38. The van der Waals surface area contributed by atoms with Gasteiger partial charge in [0.05, 0.1) is 0 Å². The minimum atomic E-state index is -0.000185. The molecule has 0 fully saturated rings. The lowest BCUT2D eigenvalue weighted by Crippen LogP contribution is -2.25. The third kappa shape index (κ3) is 3.52. The Bertz CT molecular complexity index is 386. The fraction of sp³-hybridized carbons (Fsp3) is 0.200. The first-order valence-corrected chi connectivity index (χ1v) is 5.92. The molecule has 2 aromatic carbocycles. The van der Waals surface area contributed by atoms with E-state index >= 15 is 0 Å². The van der Waals surface area contributed by atoms with E-state index in [4.69, 9.17) is 4.74 Å². The minimum absolute atomic E-state index is 0.000185. The number of benzene rings is 2. The van der Waals surface area contributed by atoms with Gasteiger partial charge in [-0.1, -0.05) is 43.3 Å². The van der Waals surface area contributed by atoms with Crippen LogP contribution in [-0.2, 0) is 0 Å². The number of nitrogens with one attached hydrogen (secondary N) is 1. The van der Waals surface area contributed by atoms with E-state index in [1.165, 1.54) is 0 Å². The van der Waals surface area contributed by atoms with Crippen LogP contribution in [0, 0.1) is 0 Å². The van der Waals surface area contributed by atoms with Crippen molar-refractivity contribution in [1.29, 1.82) is 0 Å². The van der Waals surface area contributed by atoms with Crippen LogP contribution in [0.4, 0.5) is 5.69 Å². The molecule has 0 heterocycles. The van der Waals surface area contributed by atoms with Crippen molar-refractivity contribution in [2.24, 2.45) is 0 Å². The Morgan fingerprint density at radius 2 is 1.53 bits per heavy atom. The average Bonchev–Trinajstić information content (AvgIpc) is 2.40. The van der Waals surface area contributed by atoms with Crippen LogP contribution < -0.4 is 10.1 Å². The van der Waals surface area contributed by atoms with Crippen molar-refractivity contribution in [3.63, 3.8) is 0 Å². The molecule has 2 heteroatoms. The van der Waals surface area contributed by atoms with Gasteiger partial charge in [0.25, 0.3) is 0 Å². The van der Waals surface area contributed by atoms with Crippen LogP contribution in [0.5, 0.6) is 5.75 Å². The molecule has 2 rings (SSSR count). The Morgan fingerprint density at radius 3 is 2.12 bits per heavy atom. The number of rotatable bonds is 5. The Kier molecular flexibility index (Phi) is 4.03. The van der Waals surface area contributed by atoms with Crippen molar-refractivity contribution in [2.45, 2.75) is 19.6 Å². The summed E-state index contributed by atoms with van der Waals surface area (Å²) in [5, 5.41) is 3.35. The van der Waals surface area contributed by atoms with Crippen LogP contribution in [0.15, 0.2) is 60.7 Å². The van der Waals surface area contributed by atoms with Crippen molar-refractivity contribution < 1.29 is 4.74 Å². The fourth-order valence-corrected chi connectivity index (χ4v) is 1.60. The third-order valence-electron chi connectivity index (χ3n) is 2.49. The fourth-order valence-electron chi connectivity index (χ4n) is 1.60. The normalized spacial score (nSPS) is 11.8. The first kappa shape index (κ1) is 11.5. The highest BCUT2D eigenvalue weighted by Gasteiger charge is 2.06. The predicted molar refractivity (Wildman–Crippen MR) is 71.2 cm³/mol. The lowest BCUT2D eigenvalue weighted by atomic mass is 10.3. The number of hydrogen-bond acceptors (Lipinski definition) is 2. The van der Waals surface area contributed by atoms with Crippen molar-refractivity contribution in [2.75, 3.05) is 5.32 Å². The zero-order chi connectivity index (χ0) is 11.9. The van der Waals surface area contributed by atoms with Gasteiger partial charge in [-0.05, 0) is 24.3 Å². The van der Waals surface area contributed by atoms with Gasteiger partial charge in [-0.3, -0.25) is 0 Å². The van der Waals surface area contributed by atoms with E-state index in [0.717, 1.165) is 17.9 Å². The molecule has 0 saturated heterocycles. The van der Waals surface area contributed by atoms with E-state index in [2.05, 4.69) is 12.2 Å². The molecule has 0 aliphatic carbocycles. The van der Waals surface area contributed by atoms with E-state index in [-0.39, 0.29) is 6.23 Å². The first-order valence-electron chi connectivity index (χ1n) is 5.92. The molecule has 1 atom stereocenters. The summed E-state index contributed by atoms with van der Waals surface area (Å²) in [7, 11) is 0. The van der Waals surface area contributed by atoms with E-state index in [9.17, 15) is 0 Å². The highest BCUT2D eigenvalue weighted by Crippen LogP contribution is 2.15. The summed E-state index contributed by atoms with van der Waals surface area (Å²) in [5.41, 5.74) is 1.08. The molecule has 0 aliphatic heterocycles. The lowest BCUT2D eigenvalue weighted by Gasteiger charge is -2.20. The Hall–Kier alpha value is -1.96. The van der Waals surface area contributed by atoms with Gasteiger partial charge in [-0.2, -0.15) is 0 Å². The largest absolute Gasteiger partial charge is 0.471 e. The molecule has 17 heavy (non-hydrogen) atoms. The van der Waals surface area contributed by atoms with E-state index < -0.39 is 0 Å². The molecular formula is C15H17NO. The highest BCUT2D eigenvalue weighted by molar-refractivity contribution is 5.43. The number of ether oxygens (including phenoxy) is 1. The molecule has 2 aromatic rings. The highest BCUT2D eigenvalue weighted by atomic mass is 16.5. The van der Waals surface area contributed by atoms with Gasteiger partial charge in [-0.25, -0.2) is 0 Å². The summed E-state index contributed by atoms with van der Waals surface area (Å²) >= 11 is 0. The SMILES string of the molecule is CCC(Nc1ccccc1)Oc1ccccc1. The van der Waals surface area contributed by atoms with E-state index in [1.807, 2.05) is 60.7 Å². The van der Waals surface area contributed by atoms with E-state index in [0.29, 0.717) is 0 Å². The molecular weight excluding hydrogens is 210 g/mol. The second kappa shape index (κ2) is 5.94. The second-order valence-corrected chi connectivity index (χ2v) is 3.84. The molecule has 0 spiro atoms. The molecule has 2 nitrogen and oxygen atoms in total. The number of para-hydroxylation sites is 2. The van der Waals surface area contributed by atoms with Gasteiger partial charge in [0.2, 0.25) is 0 Å². The monoisotopic (exact) mass is 227 g/mol. The minimum Gasteiger partial charge on any atom is -0.471 e. The van der Waals surface area contributed by atoms with Crippen LogP contribution in [0.25, 0.3) is 0 Å². The second-order valence-electron chi connectivity index (χ2n) is 3.84. The van der Waals surface area contributed by atoms with Crippen molar-refractivity contribution >= 4 is 5.69 Å². The maximum atomic E-state index is 5.86. The third-order valence-corrected chi connectivity index (χ3v) is 2.49. The van der Waals surface area contributed by atoms with Crippen LogP contribution in [0.3, 0.4) is 0 Å². The van der Waals surface area contributed by atoms with Gasteiger partial charge in [0.1, 0.15) is 5.75 Å². The quantitative estimate of drug-likeness (QED) is 0.782. The van der Waals surface area contributed by atoms with Gasteiger partial charge in [0, 0.05) is 12.1 Å². The molecule has 0 bridgehead atoms. The summed E-state index contributed by atoms with van der Waals surface area (Å²) in [6.45, 7) is 2.10. The Labute approximate surface area is 102 Å². The molecule has 0 radical (unpaired) electrons. The van der Waals surface area contributed by atoms with E-state index in [1.54, 1.807) is 0 Å². The van der Waals surface area contributed by atoms with Crippen LogP contribution in [0.2, 0.25) is 0 Å². The smallest absolute Gasteiger partial charge is 0.169 e. The lowest BCUT2D eigenvalue weighted by molar-refractivity contribution is 0.226. The molecule has 1 unspecified atom stereocenters. The summed E-state index contributed by atoms with van der Waals surface area (Å²) < 4.78 is 5.86. The van der Waals surface area contributed by atoms with Crippen LogP contribution >= 0.6 is 0 Å². The Balaban J connectivity index is 1.98. The summed E-state index contributed by atoms with van der Waals surface area (Å²) in [6, 6.07) is 20.0.